The quantitative estimate of drug-likeness (QED) is 0.900. The van der Waals surface area contributed by atoms with E-state index in [4.69, 9.17) is 5.73 Å². The summed E-state index contributed by atoms with van der Waals surface area (Å²) in [4.78, 5) is 6.58. The maximum Gasteiger partial charge on any atom is 0.180 e. The van der Waals surface area contributed by atoms with Crippen LogP contribution in [0.15, 0.2) is 29.6 Å². The maximum absolute atomic E-state index is 5.62. The van der Waals surface area contributed by atoms with Crippen molar-refractivity contribution in [3.63, 3.8) is 0 Å². The highest BCUT2D eigenvalue weighted by Crippen LogP contribution is 2.12. The van der Waals surface area contributed by atoms with E-state index >= 15 is 0 Å². The average molecular weight is 261 g/mol. The number of nitrogens with zero attached hydrogens (tertiary/aromatic N) is 2. The summed E-state index contributed by atoms with van der Waals surface area (Å²) < 4.78 is 0. The first-order chi connectivity index (χ1) is 8.63. The second-order valence-electron chi connectivity index (χ2n) is 4.65. The molecule has 2 aromatic rings. The van der Waals surface area contributed by atoms with Crippen molar-refractivity contribution in [1.82, 2.24) is 9.88 Å². The molecule has 0 saturated carbocycles. The van der Waals surface area contributed by atoms with Gasteiger partial charge in [-0.2, -0.15) is 0 Å². The molecule has 18 heavy (non-hydrogen) atoms. The smallest absolute Gasteiger partial charge is 0.180 e. The van der Waals surface area contributed by atoms with E-state index in [9.17, 15) is 0 Å². The summed E-state index contributed by atoms with van der Waals surface area (Å²) in [5.74, 6) is 0. The number of benzene rings is 1. The zero-order valence-corrected chi connectivity index (χ0v) is 11.7. The molecule has 0 bridgehead atoms. The summed E-state index contributed by atoms with van der Waals surface area (Å²) in [6, 6.07) is 8.69. The second-order valence-corrected chi connectivity index (χ2v) is 5.54. The van der Waals surface area contributed by atoms with E-state index in [0.717, 1.165) is 25.2 Å². The zero-order valence-electron chi connectivity index (χ0n) is 10.9. The van der Waals surface area contributed by atoms with Crippen LogP contribution in [0.5, 0.6) is 0 Å². The zero-order chi connectivity index (χ0) is 13.0. The molecule has 1 aromatic carbocycles. The van der Waals surface area contributed by atoms with E-state index in [2.05, 4.69) is 48.1 Å². The lowest BCUT2D eigenvalue weighted by Gasteiger charge is -2.16. The van der Waals surface area contributed by atoms with Crippen LogP contribution in [0.2, 0.25) is 0 Å². The number of thiazole rings is 1. The van der Waals surface area contributed by atoms with E-state index in [-0.39, 0.29) is 0 Å². The van der Waals surface area contributed by atoms with Crippen molar-refractivity contribution in [2.24, 2.45) is 0 Å². The number of aromatic nitrogens is 1. The Hall–Kier alpha value is -1.39. The highest BCUT2D eigenvalue weighted by molar-refractivity contribution is 7.13. The van der Waals surface area contributed by atoms with Crippen LogP contribution < -0.4 is 5.73 Å². The fourth-order valence-electron chi connectivity index (χ4n) is 1.83. The Labute approximate surface area is 112 Å². The lowest BCUT2D eigenvalue weighted by molar-refractivity contribution is 0.330. The highest BCUT2D eigenvalue weighted by atomic mass is 32.1. The van der Waals surface area contributed by atoms with Gasteiger partial charge in [-0.3, -0.25) is 0 Å². The van der Waals surface area contributed by atoms with Gasteiger partial charge in [-0.05, 0) is 19.5 Å². The molecule has 0 aliphatic rings. The normalized spacial score (nSPS) is 11.1. The van der Waals surface area contributed by atoms with E-state index in [1.54, 1.807) is 0 Å². The number of aryl methyl sites for hydroxylation is 1. The molecule has 0 unspecified atom stereocenters. The fraction of sp³-hybridized carbons (Fsp3) is 0.357. The average Bonchev–Trinajstić information content (AvgIpc) is 2.76. The van der Waals surface area contributed by atoms with Gasteiger partial charge in [-0.1, -0.05) is 29.8 Å². The van der Waals surface area contributed by atoms with Crippen LogP contribution in [0.3, 0.4) is 0 Å². The largest absolute Gasteiger partial charge is 0.375 e. The molecule has 1 heterocycles. The van der Waals surface area contributed by atoms with E-state index in [1.807, 2.05) is 5.38 Å². The summed E-state index contributed by atoms with van der Waals surface area (Å²) in [6.45, 7) is 4.08. The first kappa shape index (κ1) is 13.1. The molecule has 0 fully saturated rings. The Morgan fingerprint density at radius 3 is 2.61 bits per heavy atom. The van der Waals surface area contributed by atoms with Gasteiger partial charge < -0.3 is 10.6 Å². The van der Waals surface area contributed by atoms with Crippen LogP contribution in [0.1, 0.15) is 16.8 Å². The van der Waals surface area contributed by atoms with Crippen molar-refractivity contribution < 1.29 is 0 Å². The topological polar surface area (TPSA) is 42.1 Å². The minimum absolute atomic E-state index is 0.659. The molecular weight excluding hydrogens is 242 g/mol. The molecule has 0 radical (unpaired) electrons. The molecule has 4 heteroatoms. The van der Waals surface area contributed by atoms with Crippen LogP contribution in [0.25, 0.3) is 0 Å². The van der Waals surface area contributed by atoms with Gasteiger partial charge in [0.05, 0.1) is 5.69 Å². The molecule has 3 nitrogen and oxygen atoms in total. The highest BCUT2D eigenvalue weighted by Gasteiger charge is 2.03. The van der Waals surface area contributed by atoms with Crippen molar-refractivity contribution in [3.05, 3.63) is 46.5 Å². The lowest BCUT2D eigenvalue weighted by atomic mass is 10.1. The SMILES string of the molecule is Cc1ccc(CN(C)CCc2csc(N)n2)cc1. The van der Waals surface area contributed by atoms with Crippen molar-refractivity contribution in [2.75, 3.05) is 19.3 Å². The third-order valence-corrected chi connectivity index (χ3v) is 3.61. The first-order valence-electron chi connectivity index (χ1n) is 6.07. The molecule has 0 amide bonds. The molecule has 2 N–H and O–H groups in total. The van der Waals surface area contributed by atoms with Gasteiger partial charge >= 0.3 is 0 Å². The minimum atomic E-state index is 0.659. The third-order valence-electron chi connectivity index (χ3n) is 2.89. The Morgan fingerprint density at radius 1 is 1.28 bits per heavy atom. The fourth-order valence-corrected chi connectivity index (χ4v) is 2.42. The Kier molecular flexibility index (Phi) is 4.33. The van der Waals surface area contributed by atoms with Gasteiger partial charge in [0.1, 0.15) is 0 Å². The van der Waals surface area contributed by atoms with Gasteiger partial charge in [0.25, 0.3) is 0 Å². The predicted molar refractivity (Wildman–Crippen MR) is 77.7 cm³/mol. The van der Waals surface area contributed by atoms with Crippen LogP contribution in [-0.4, -0.2) is 23.5 Å². The molecule has 2 rings (SSSR count). The van der Waals surface area contributed by atoms with Gasteiger partial charge in [0.2, 0.25) is 0 Å². The van der Waals surface area contributed by atoms with Crippen molar-refractivity contribution >= 4 is 16.5 Å². The van der Waals surface area contributed by atoms with Gasteiger partial charge in [-0.25, -0.2) is 4.98 Å². The van der Waals surface area contributed by atoms with Gasteiger partial charge in [0, 0.05) is 24.9 Å². The van der Waals surface area contributed by atoms with Crippen molar-refractivity contribution in [2.45, 2.75) is 19.9 Å². The minimum Gasteiger partial charge on any atom is -0.375 e. The number of nitrogen functional groups attached to an aromatic ring is 1. The number of anilines is 1. The standard InChI is InChI=1S/C14H19N3S/c1-11-3-5-12(6-4-11)9-17(2)8-7-13-10-18-14(15)16-13/h3-6,10H,7-9H2,1-2H3,(H2,15,16). The molecular formula is C14H19N3S. The molecule has 0 saturated heterocycles. The number of rotatable bonds is 5. The van der Waals surface area contributed by atoms with E-state index in [0.29, 0.717) is 5.13 Å². The van der Waals surface area contributed by atoms with E-state index in [1.165, 1.54) is 22.5 Å². The van der Waals surface area contributed by atoms with Crippen molar-refractivity contribution in [1.29, 1.82) is 0 Å². The molecule has 0 spiro atoms. The number of likely N-dealkylation sites (N-methyl/N-ethyl adjacent to an activating group) is 1. The first-order valence-corrected chi connectivity index (χ1v) is 6.95. The number of hydrogen-bond donors (Lipinski definition) is 1. The monoisotopic (exact) mass is 261 g/mol. The number of nitrogens with two attached hydrogens (primary N) is 1. The second kappa shape index (κ2) is 5.98. The molecule has 0 aliphatic carbocycles. The maximum atomic E-state index is 5.62. The van der Waals surface area contributed by atoms with Gasteiger partial charge in [0.15, 0.2) is 5.13 Å². The Balaban J connectivity index is 1.81. The Bertz CT molecular complexity index is 490. The Morgan fingerprint density at radius 2 is 2.00 bits per heavy atom. The van der Waals surface area contributed by atoms with Gasteiger partial charge in [-0.15, -0.1) is 11.3 Å². The van der Waals surface area contributed by atoms with Crippen LogP contribution in [-0.2, 0) is 13.0 Å². The number of hydrogen-bond acceptors (Lipinski definition) is 4. The van der Waals surface area contributed by atoms with E-state index < -0.39 is 0 Å². The molecule has 0 aliphatic heterocycles. The summed E-state index contributed by atoms with van der Waals surface area (Å²) >= 11 is 1.51. The summed E-state index contributed by atoms with van der Waals surface area (Å²) in [5, 5.41) is 2.70. The predicted octanol–water partition coefficient (Wildman–Crippen LogP) is 2.71. The molecule has 0 atom stereocenters. The third kappa shape index (κ3) is 3.82. The summed E-state index contributed by atoms with van der Waals surface area (Å²) in [5.41, 5.74) is 9.36. The van der Waals surface area contributed by atoms with Crippen LogP contribution in [0.4, 0.5) is 5.13 Å². The summed E-state index contributed by atoms with van der Waals surface area (Å²) in [7, 11) is 2.13. The van der Waals surface area contributed by atoms with Crippen LogP contribution in [0, 0.1) is 6.92 Å². The van der Waals surface area contributed by atoms with Crippen molar-refractivity contribution in [3.8, 4) is 0 Å². The summed E-state index contributed by atoms with van der Waals surface area (Å²) in [6.07, 6.45) is 0.954. The molecule has 96 valence electrons. The molecule has 1 aromatic heterocycles. The lowest BCUT2D eigenvalue weighted by Crippen LogP contribution is -2.20. The van der Waals surface area contributed by atoms with Crippen LogP contribution >= 0.6 is 11.3 Å².